The van der Waals surface area contributed by atoms with Gasteiger partial charge < -0.3 is 24.4 Å². The molecule has 2 aliphatic heterocycles. The largest absolute Gasteiger partial charge is 0.481 e. The van der Waals surface area contributed by atoms with Crippen molar-refractivity contribution in [2.75, 3.05) is 40.5 Å². The van der Waals surface area contributed by atoms with Crippen LogP contribution >= 0.6 is 0 Å². The van der Waals surface area contributed by atoms with Crippen LogP contribution in [0.4, 0.5) is 4.79 Å². The second-order valence-corrected chi connectivity index (χ2v) is 5.04. The third-order valence-corrected chi connectivity index (χ3v) is 3.92. The molecule has 19 heavy (non-hydrogen) atoms. The molecule has 7 heteroatoms. The Labute approximate surface area is 112 Å². The molecule has 108 valence electrons. The maximum Gasteiger partial charge on any atom is 0.320 e. The average Bonchev–Trinajstić information content (AvgIpc) is 3.05. The van der Waals surface area contributed by atoms with E-state index in [0.29, 0.717) is 13.1 Å². The standard InChI is InChI=1S/C12H20N2O5/c1-13(10-7-19-6-9(10)11(15)16)12(17)14-4-3-8(5-14)18-2/h8-10H,3-7H2,1-2H3,(H,15,16). The monoisotopic (exact) mass is 272 g/mol. The molecule has 2 rings (SSSR count). The lowest BCUT2D eigenvalue weighted by molar-refractivity contribution is -0.142. The molecule has 0 saturated carbocycles. The zero-order chi connectivity index (χ0) is 14.0. The Morgan fingerprint density at radius 2 is 2.16 bits per heavy atom. The quantitative estimate of drug-likeness (QED) is 0.773. The van der Waals surface area contributed by atoms with Crippen LogP contribution in [0.25, 0.3) is 0 Å². The van der Waals surface area contributed by atoms with Gasteiger partial charge in [-0.05, 0) is 6.42 Å². The summed E-state index contributed by atoms with van der Waals surface area (Å²) in [6, 6.07) is -0.548. The van der Waals surface area contributed by atoms with E-state index in [-0.39, 0.29) is 25.3 Å². The van der Waals surface area contributed by atoms with E-state index in [2.05, 4.69) is 0 Å². The summed E-state index contributed by atoms with van der Waals surface area (Å²) < 4.78 is 10.4. The van der Waals surface area contributed by atoms with Gasteiger partial charge in [-0.2, -0.15) is 0 Å². The fourth-order valence-corrected chi connectivity index (χ4v) is 2.62. The molecule has 7 nitrogen and oxygen atoms in total. The molecule has 2 aliphatic rings. The molecule has 0 aromatic heterocycles. The van der Waals surface area contributed by atoms with Gasteiger partial charge in [-0.15, -0.1) is 0 Å². The number of rotatable bonds is 3. The number of nitrogens with zero attached hydrogens (tertiary/aromatic N) is 2. The van der Waals surface area contributed by atoms with Gasteiger partial charge in [0.05, 0.1) is 25.4 Å². The van der Waals surface area contributed by atoms with Crippen LogP contribution in [0.5, 0.6) is 0 Å². The fraction of sp³-hybridized carbons (Fsp3) is 0.833. The second-order valence-electron chi connectivity index (χ2n) is 5.04. The predicted molar refractivity (Wildman–Crippen MR) is 65.9 cm³/mol. The lowest BCUT2D eigenvalue weighted by atomic mass is 10.0. The summed E-state index contributed by atoms with van der Waals surface area (Å²) in [5, 5.41) is 9.11. The van der Waals surface area contributed by atoms with Gasteiger partial charge in [0, 0.05) is 27.2 Å². The van der Waals surface area contributed by atoms with Gasteiger partial charge in [0.2, 0.25) is 0 Å². The smallest absolute Gasteiger partial charge is 0.320 e. The van der Waals surface area contributed by atoms with Crippen molar-refractivity contribution in [3.05, 3.63) is 0 Å². The fourth-order valence-electron chi connectivity index (χ4n) is 2.62. The Morgan fingerprint density at radius 3 is 2.74 bits per heavy atom. The summed E-state index contributed by atoms with van der Waals surface area (Å²) in [5.74, 6) is -1.56. The SMILES string of the molecule is COC1CCN(C(=O)N(C)C2COCC2C(=O)O)C1. The second kappa shape index (κ2) is 5.75. The van der Waals surface area contributed by atoms with Crippen molar-refractivity contribution in [3.63, 3.8) is 0 Å². The number of likely N-dealkylation sites (N-methyl/N-ethyl adjacent to an activating group) is 1. The molecule has 2 heterocycles. The summed E-state index contributed by atoms with van der Waals surface area (Å²) in [7, 11) is 3.27. The van der Waals surface area contributed by atoms with Crippen molar-refractivity contribution >= 4 is 12.0 Å². The number of aliphatic carboxylic acids is 1. The van der Waals surface area contributed by atoms with Crippen molar-refractivity contribution in [2.24, 2.45) is 5.92 Å². The molecule has 2 saturated heterocycles. The first-order chi connectivity index (χ1) is 9.04. The summed E-state index contributed by atoms with van der Waals surface area (Å²) >= 11 is 0. The van der Waals surface area contributed by atoms with Crippen molar-refractivity contribution in [2.45, 2.75) is 18.6 Å². The first kappa shape index (κ1) is 14.1. The number of hydrogen-bond donors (Lipinski definition) is 1. The molecule has 1 N–H and O–H groups in total. The predicted octanol–water partition coefficient (Wildman–Crippen LogP) is -0.141. The molecule has 0 bridgehead atoms. The zero-order valence-electron chi connectivity index (χ0n) is 11.2. The molecular formula is C12H20N2O5. The van der Waals surface area contributed by atoms with Crippen LogP contribution in [-0.4, -0.2) is 79.5 Å². The van der Waals surface area contributed by atoms with E-state index in [1.165, 1.54) is 4.90 Å². The normalized spacial score (nSPS) is 30.6. The number of carbonyl (C=O) groups is 2. The highest BCUT2D eigenvalue weighted by Gasteiger charge is 2.40. The van der Waals surface area contributed by atoms with Crippen molar-refractivity contribution in [1.82, 2.24) is 9.80 Å². The highest BCUT2D eigenvalue weighted by molar-refractivity contribution is 5.77. The molecular weight excluding hydrogens is 252 g/mol. The van der Waals surface area contributed by atoms with Crippen molar-refractivity contribution < 1.29 is 24.2 Å². The average molecular weight is 272 g/mol. The molecule has 0 aromatic carbocycles. The first-order valence-electron chi connectivity index (χ1n) is 6.39. The molecule has 0 aromatic rings. The summed E-state index contributed by atoms with van der Waals surface area (Å²) in [4.78, 5) is 26.6. The first-order valence-corrected chi connectivity index (χ1v) is 6.39. The van der Waals surface area contributed by atoms with Gasteiger partial charge in [0.25, 0.3) is 0 Å². The molecule has 0 radical (unpaired) electrons. The summed E-state index contributed by atoms with van der Waals surface area (Å²) in [6.07, 6.45) is 0.895. The minimum Gasteiger partial charge on any atom is -0.481 e. The summed E-state index contributed by atoms with van der Waals surface area (Å²) in [6.45, 7) is 1.65. The molecule has 3 unspecified atom stereocenters. The molecule has 0 aliphatic carbocycles. The maximum atomic E-state index is 12.3. The van der Waals surface area contributed by atoms with Crippen LogP contribution in [0.2, 0.25) is 0 Å². The van der Waals surface area contributed by atoms with Gasteiger partial charge in [0.15, 0.2) is 0 Å². The third-order valence-electron chi connectivity index (χ3n) is 3.92. The number of carbonyl (C=O) groups excluding carboxylic acids is 1. The Morgan fingerprint density at radius 1 is 1.42 bits per heavy atom. The van der Waals surface area contributed by atoms with Crippen LogP contribution in [0.1, 0.15) is 6.42 Å². The highest BCUT2D eigenvalue weighted by atomic mass is 16.5. The molecule has 0 spiro atoms. The van der Waals surface area contributed by atoms with Crippen LogP contribution in [0, 0.1) is 5.92 Å². The third kappa shape index (κ3) is 2.82. The highest BCUT2D eigenvalue weighted by Crippen LogP contribution is 2.22. The zero-order valence-corrected chi connectivity index (χ0v) is 11.2. The molecule has 2 fully saturated rings. The van der Waals surface area contributed by atoms with E-state index in [9.17, 15) is 9.59 Å². The van der Waals surface area contributed by atoms with E-state index >= 15 is 0 Å². The number of hydrogen-bond acceptors (Lipinski definition) is 4. The number of likely N-dealkylation sites (tertiary alicyclic amines) is 1. The van der Waals surface area contributed by atoms with Crippen LogP contribution in [-0.2, 0) is 14.3 Å². The van der Waals surface area contributed by atoms with E-state index in [4.69, 9.17) is 14.6 Å². The van der Waals surface area contributed by atoms with Gasteiger partial charge in [0.1, 0.15) is 5.92 Å². The maximum absolute atomic E-state index is 12.3. The number of amides is 2. The van der Waals surface area contributed by atoms with Crippen LogP contribution in [0.3, 0.4) is 0 Å². The van der Waals surface area contributed by atoms with Gasteiger partial charge in [-0.1, -0.05) is 0 Å². The number of ether oxygens (including phenoxy) is 2. The van der Waals surface area contributed by atoms with Crippen molar-refractivity contribution in [3.8, 4) is 0 Å². The number of methoxy groups -OCH3 is 1. The van der Waals surface area contributed by atoms with E-state index in [1.54, 1.807) is 19.1 Å². The lowest BCUT2D eigenvalue weighted by Crippen LogP contribution is -2.49. The van der Waals surface area contributed by atoms with E-state index < -0.39 is 17.9 Å². The number of carboxylic acids is 1. The van der Waals surface area contributed by atoms with Gasteiger partial charge in [-0.25, -0.2) is 4.79 Å². The van der Waals surface area contributed by atoms with Crippen molar-refractivity contribution in [1.29, 1.82) is 0 Å². The van der Waals surface area contributed by atoms with Gasteiger partial charge >= 0.3 is 12.0 Å². The van der Waals surface area contributed by atoms with E-state index in [0.717, 1.165) is 6.42 Å². The van der Waals surface area contributed by atoms with Gasteiger partial charge in [-0.3, -0.25) is 4.79 Å². The minimum absolute atomic E-state index is 0.0763. The van der Waals surface area contributed by atoms with E-state index in [1.807, 2.05) is 0 Å². The Kier molecular flexibility index (Phi) is 4.26. The Balaban J connectivity index is 1.97. The topological polar surface area (TPSA) is 79.3 Å². The summed E-state index contributed by atoms with van der Waals surface area (Å²) in [5.41, 5.74) is 0. The number of carboxylic acid groups (broad SMARTS) is 1. The number of urea groups is 1. The Hall–Kier alpha value is -1.34. The Bertz CT molecular complexity index is 362. The molecule has 3 atom stereocenters. The van der Waals surface area contributed by atoms with Crippen LogP contribution < -0.4 is 0 Å². The minimum atomic E-state index is -0.918. The van der Waals surface area contributed by atoms with Crippen LogP contribution in [0.15, 0.2) is 0 Å². The lowest BCUT2D eigenvalue weighted by Gasteiger charge is -2.30. The molecule has 2 amide bonds.